The second-order valence-electron chi connectivity index (χ2n) is 5.28. The lowest BCUT2D eigenvalue weighted by atomic mass is 10.0. The topological polar surface area (TPSA) is 38.5 Å². The van der Waals surface area contributed by atoms with Crippen molar-refractivity contribution in [2.24, 2.45) is 11.7 Å². The monoisotopic (exact) mass is 282 g/mol. The lowest BCUT2D eigenvalue weighted by Crippen LogP contribution is -2.30. The summed E-state index contributed by atoms with van der Waals surface area (Å²) < 4.78 is 5.53. The molecule has 0 saturated carbocycles. The molecule has 1 aromatic carbocycles. The SMILES string of the molecule is CN(CC1CCCOC1)c1ccc(CCN)c(Cl)c1. The van der Waals surface area contributed by atoms with E-state index < -0.39 is 0 Å². The van der Waals surface area contributed by atoms with Crippen LogP contribution in [0.15, 0.2) is 18.2 Å². The van der Waals surface area contributed by atoms with E-state index in [0.717, 1.165) is 42.5 Å². The molecule has 0 bridgehead atoms. The van der Waals surface area contributed by atoms with Gasteiger partial charge in [0.15, 0.2) is 0 Å². The first-order chi connectivity index (χ1) is 9.20. The van der Waals surface area contributed by atoms with Crippen molar-refractivity contribution in [3.63, 3.8) is 0 Å². The van der Waals surface area contributed by atoms with Gasteiger partial charge in [0.1, 0.15) is 0 Å². The van der Waals surface area contributed by atoms with Crippen LogP contribution < -0.4 is 10.6 Å². The summed E-state index contributed by atoms with van der Waals surface area (Å²) in [5.41, 5.74) is 7.86. The fraction of sp³-hybridized carbons (Fsp3) is 0.600. The molecule has 1 fully saturated rings. The second kappa shape index (κ2) is 7.13. The third-order valence-electron chi connectivity index (χ3n) is 3.68. The first-order valence-corrected chi connectivity index (χ1v) is 7.36. The van der Waals surface area contributed by atoms with E-state index in [-0.39, 0.29) is 0 Å². The van der Waals surface area contributed by atoms with Crippen LogP contribution in [0.4, 0.5) is 5.69 Å². The molecule has 1 aliphatic heterocycles. The molecular formula is C15H23ClN2O. The number of hydrogen-bond acceptors (Lipinski definition) is 3. The lowest BCUT2D eigenvalue weighted by Gasteiger charge is -2.28. The van der Waals surface area contributed by atoms with Gasteiger partial charge in [0, 0.05) is 30.9 Å². The van der Waals surface area contributed by atoms with Crippen LogP contribution in [0.2, 0.25) is 5.02 Å². The number of nitrogens with two attached hydrogens (primary N) is 1. The summed E-state index contributed by atoms with van der Waals surface area (Å²) in [5.74, 6) is 0.626. The Bertz CT molecular complexity index is 405. The average Bonchev–Trinajstić information content (AvgIpc) is 2.42. The van der Waals surface area contributed by atoms with Crippen molar-refractivity contribution in [1.29, 1.82) is 0 Å². The van der Waals surface area contributed by atoms with E-state index in [0.29, 0.717) is 12.5 Å². The van der Waals surface area contributed by atoms with Crippen molar-refractivity contribution in [3.05, 3.63) is 28.8 Å². The highest BCUT2D eigenvalue weighted by Gasteiger charge is 2.16. The van der Waals surface area contributed by atoms with Crippen molar-refractivity contribution >= 4 is 17.3 Å². The minimum atomic E-state index is 0.626. The van der Waals surface area contributed by atoms with Gasteiger partial charge in [-0.1, -0.05) is 17.7 Å². The fourth-order valence-corrected chi connectivity index (χ4v) is 2.85. The first-order valence-electron chi connectivity index (χ1n) is 6.98. The van der Waals surface area contributed by atoms with Crippen molar-refractivity contribution < 1.29 is 4.74 Å². The summed E-state index contributed by atoms with van der Waals surface area (Å²) in [7, 11) is 2.11. The Labute approximate surface area is 120 Å². The van der Waals surface area contributed by atoms with Crippen molar-refractivity contribution in [2.75, 3.05) is 38.3 Å². The Morgan fingerprint density at radius 1 is 1.47 bits per heavy atom. The van der Waals surface area contributed by atoms with Crippen LogP contribution in [0.5, 0.6) is 0 Å². The fourth-order valence-electron chi connectivity index (χ4n) is 2.58. The second-order valence-corrected chi connectivity index (χ2v) is 5.69. The van der Waals surface area contributed by atoms with Crippen LogP contribution in [-0.4, -0.2) is 33.4 Å². The predicted octanol–water partition coefficient (Wildman–Crippen LogP) is 2.70. The van der Waals surface area contributed by atoms with Gasteiger partial charge in [-0.15, -0.1) is 0 Å². The number of anilines is 1. The lowest BCUT2D eigenvalue weighted by molar-refractivity contribution is 0.0576. The highest BCUT2D eigenvalue weighted by molar-refractivity contribution is 6.31. The molecule has 3 nitrogen and oxygen atoms in total. The first kappa shape index (κ1) is 14.6. The molecule has 0 amide bonds. The van der Waals surface area contributed by atoms with E-state index in [4.69, 9.17) is 22.1 Å². The Hall–Kier alpha value is -0.770. The molecule has 0 aromatic heterocycles. The Kier molecular flexibility index (Phi) is 5.49. The maximum absolute atomic E-state index is 6.29. The zero-order valence-corrected chi connectivity index (χ0v) is 12.3. The minimum absolute atomic E-state index is 0.626. The van der Waals surface area contributed by atoms with Gasteiger partial charge in [0.25, 0.3) is 0 Å². The van der Waals surface area contributed by atoms with Crippen molar-refractivity contribution in [1.82, 2.24) is 0 Å². The van der Waals surface area contributed by atoms with Crippen LogP contribution in [-0.2, 0) is 11.2 Å². The van der Waals surface area contributed by atoms with Crippen LogP contribution in [0.25, 0.3) is 0 Å². The number of ether oxygens (including phenoxy) is 1. The van der Waals surface area contributed by atoms with Gasteiger partial charge >= 0.3 is 0 Å². The Balaban J connectivity index is 1.98. The molecule has 4 heteroatoms. The molecule has 106 valence electrons. The highest BCUT2D eigenvalue weighted by Crippen LogP contribution is 2.25. The molecule has 2 N–H and O–H groups in total. The molecule has 19 heavy (non-hydrogen) atoms. The molecule has 1 unspecified atom stereocenters. The minimum Gasteiger partial charge on any atom is -0.381 e. The summed E-state index contributed by atoms with van der Waals surface area (Å²) >= 11 is 6.29. The zero-order valence-electron chi connectivity index (χ0n) is 11.6. The summed E-state index contributed by atoms with van der Waals surface area (Å²) in [4.78, 5) is 2.26. The smallest absolute Gasteiger partial charge is 0.0511 e. The van der Waals surface area contributed by atoms with Crippen LogP contribution in [0.3, 0.4) is 0 Å². The van der Waals surface area contributed by atoms with E-state index in [9.17, 15) is 0 Å². The molecule has 2 rings (SSSR count). The Morgan fingerprint density at radius 2 is 2.32 bits per heavy atom. The maximum Gasteiger partial charge on any atom is 0.0511 e. The van der Waals surface area contributed by atoms with Crippen molar-refractivity contribution in [3.8, 4) is 0 Å². The molecule has 1 saturated heterocycles. The third kappa shape index (κ3) is 4.10. The van der Waals surface area contributed by atoms with E-state index in [2.05, 4.69) is 24.1 Å². The molecule has 0 spiro atoms. The van der Waals surface area contributed by atoms with E-state index >= 15 is 0 Å². The normalized spacial score (nSPS) is 19.4. The summed E-state index contributed by atoms with van der Waals surface area (Å²) in [6.45, 7) is 3.45. The average molecular weight is 283 g/mol. The van der Waals surface area contributed by atoms with Crippen LogP contribution >= 0.6 is 11.6 Å². The number of rotatable bonds is 5. The Morgan fingerprint density at radius 3 is 2.95 bits per heavy atom. The molecule has 1 atom stereocenters. The summed E-state index contributed by atoms with van der Waals surface area (Å²) in [6, 6.07) is 6.25. The van der Waals surface area contributed by atoms with E-state index in [1.54, 1.807) is 0 Å². The number of benzene rings is 1. The van der Waals surface area contributed by atoms with Gasteiger partial charge in [0.05, 0.1) is 6.61 Å². The van der Waals surface area contributed by atoms with Crippen LogP contribution in [0, 0.1) is 5.92 Å². The maximum atomic E-state index is 6.29. The van der Waals surface area contributed by atoms with Gasteiger partial charge in [-0.25, -0.2) is 0 Å². The van der Waals surface area contributed by atoms with Gasteiger partial charge in [-0.05, 0) is 49.4 Å². The summed E-state index contributed by atoms with van der Waals surface area (Å²) in [5, 5.41) is 0.815. The van der Waals surface area contributed by atoms with E-state index in [1.165, 1.54) is 12.8 Å². The molecular weight excluding hydrogens is 260 g/mol. The molecule has 1 heterocycles. The zero-order chi connectivity index (χ0) is 13.7. The largest absolute Gasteiger partial charge is 0.381 e. The number of nitrogens with zero attached hydrogens (tertiary/aromatic N) is 1. The summed E-state index contributed by atoms with van der Waals surface area (Å²) in [6.07, 6.45) is 3.26. The predicted molar refractivity (Wildman–Crippen MR) is 81.0 cm³/mol. The van der Waals surface area contributed by atoms with Gasteiger partial charge in [-0.3, -0.25) is 0 Å². The third-order valence-corrected chi connectivity index (χ3v) is 4.03. The van der Waals surface area contributed by atoms with Crippen LogP contribution in [0.1, 0.15) is 18.4 Å². The van der Waals surface area contributed by atoms with E-state index in [1.807, 2.05) is 6.07 Å². The molecule has 0 aliphatic carbocycles. The quantitative estimate of drug-likeness (QED) is 0.902. The van der Waals surface area contributed by atoms with Crippen molar-refractivity contribution in [2.45, 2.75) is 19.3 Å². The highest BCUT2D eigenvalue weighted by atomic mass is 35.5. The van der Waals surface area contributed by atoms with Gasteiger partial charge < -0.3 is 15.4 Å². The molecule has 0 radical (unpaired) electrons. The molecule has 1 aliphatic rings. The number of hydrogen-bond donors (Lipinski definition) is 1. The van der Waals surface area contributed by atoms with Gasteiger partial charge in [0.2, 0.25) is 0 Å². The molecule has 1 aromatic rings. The standard InChI is InChI=1S/C15H23ClN2O/c1-18(10-12-3-2-8-19-11-12)14-5-4-13(6-7-17)15(16)9-14/h4-5,9,12H,2-3,6-8,10-11,17H2,1H3. The number of halogens is 1. The van der Waals surface area contributed by atoms with Gasteiger partial charge in [-0.2, -0.15) is 0 Å².